The third kappa shape index (κ3) is 4.60. The molecule has 0 radical (unpaired) electrons. The van der Waals surface area contributed by atoms with Crippen LogP contribution in [-0.4, -0.2) is 79.1 Å². The van der Waals surface area contributed by atoms with Gasteiger partial charge in [-0.3, -0.25) is 14.4 Å². The van der Waals surface area contributed by atoms with Crippen molar-refractivity contribution in [3.05, 3.63) is 30.3 Å². The molecule has 0 atom stereocenters. The average Bonchev–Trinajstić information content (AvgIpc) is 3.07. The molecule has 1 aromatic carbocycles. The largest absolute Gasteiger partial charge is 0.375 e. The summed E-state index contributed by atoms with van der Waals surface area (Å²) in [6.07, 6.45) is 6.65. The first-order chi connectivity index (χ1) is 15.5. The lowest BCUT2D eigenvalue weighted by Crippen LogP contribution is -2.57. The third-order valence-electron chi connectivity index (χ3n) is 7.10. The van der Waals surface area contributed by atoms with Gasteiger partial charge in [0.15, 0.2) is 0 Å². The zero-order valence-corrected chi connectivity index (χ0v) is 18.9. The van der Waals surface area contributed by atoms with Crippen molar-refractivity contribution >= 4 is 23.4 Å². The van der Waals surface area contributed by atoms with E-state index >= 15 is 0 Å². The van der Waals surface area contributed by atoms with Crippen LogP contribution < -0.4 is 10.2 Å². The molecule has 0 aromatic heterocycles. The van der Waals surface area contributed by atoms with Gasteiger partial charge in [-0.05, 0) is 37.8 Å². The Morgan fingerprint density at radius 1 is 1.09 bits per heavy atom. The SMILES string of the molecule is COCC(=O)N1CCC2(CC1)C(=O)N(CC(=O)NC1CCCCC1)CN2c1ccccc1. The van der Waals surface area contributed by atoms with E-state index in [1.807, 2.05) is 30.3 Å². The van der Waals surface area contributed by atoms with E-state index in [0.29, 0.717) is 32.6 Å². The Kier molecular flexibility index (Phi) is 6.98. The molecule has 2 saturated heterocycles. The number of nitrogens with one attached hydrogen (secondary N) is 1. The summed E-state index contributed by atoms with van der Waals surface area (Å²) < 4.78 is 4.99. The number of hydrogen-bond donors (Lipinski definition) is 1. The number of rotatable bonds is 6. The maximum absolute atomic E-state index is 13.7. The summed E-state index contributed by atoms with van der Waals surface area (Å²) in [4.78, 5) is 44.3. The van der Waals surface area contributed by atoms with Crippen molar-refractivity contribution in [2.75, 3.05) is 44.9 Å². The van der Waals surface area contributed by atoms with Gasteiger partial charge in [0.2, 0.25) is 11.8 Å². The molecule has 2 heterocycles. The number of para-hydroxylation sites is 1. The van der Waals surface area contributed by atoms with E-state index in [1.54, 1.807) is 9.80 Å². The molecule has 1 spiro atoms. The van der Waals surface area contributed by atoms with Gasteiger partial charge in [0, 0.05) is 31.9 Å². The Labute approximate surface area is 189 Å². The molecule has 32 heavy (non-hydrogen) atoms. The van der Waals surface area contributed by atoms with Gasteiger partial charge in [0.25, 0.3) is 5.91 Å². The van der Waals surface area contributed by atoms with Gasteiger partial charge in [0.1, 0.15) is 18.7 Å². The van der Waals surface area contributed by atoms with E-state index in [2.05, 4.69) is 10.2 Å². The van der Waals surface area contributed by atoms with Gasteiger partial charge in [0.05, 0.1) is 6.67 Å². The fourth-order valence-electron chi connectivity index (χ4n) is 5.36. The van der Waals surface area contributed by atoms with E-state index in [1.165, 1.54) is 13.5 Å². The van der Waals surface area contributed by atoms with Gasteiger partial charge >= 0.3 is 0 Å². The number of piperidine rings is 1. The summed E-state index contributed by atoms with van der Waals surface area (Å²) in [5.74, 6) is -0.148. The van der Waals surface area contributed by atoms with Crippen LogP contribution in [-0.2, 0) is 19.1 Å². The van der Waals surface area contributed by atoms with Crippen LogP contribution in [0.25, 0.3) is 0 Å². The Balaban J connectivity index is 1.48. The van der Waals surface area contributed by atoms with Crippen LogP contribution in [0, 0.1) is 0 Å². The summed E-state index contributed by atoms with van der Waals surface area (Å²) in [5, 5.41) is 3.13. The molecule has 8 nitrogen and oxygen atoms in total. The molecule has 2 aliphatic heterocycles. The smallest absolute Gasteiger partial charge is 0.250 e. The van der Waals surface area contributed by atoms with Gasteiger partial charge in [-0.1, -0.05) is 37.5 Å². The first-order valence-electron chi connectivity index (χ1n) is 11.7. The number of hydrogen-bond acceptors (Lipinski definition) is 5. The lowest BCUT2D eigenvalue weighted by atomic mass is 9.85. The molecule has 1 aromatic rings. The van der Waals surface area contributed by atoms with Gasteiger partial charge in [-0.2, -0.15) is 0 Å². The number of methoxy groups -OCH3 is 1. The van der Waals surface area contributed by atoms with Crippen molar-refractivity contribution in [3.8, 4) is 0 Å². The number of anilines is 1. The van der Waals surface area contributed by atoms with Crippen molar-refractivity contribution < 1.29 is 19.1 Å². The van der Waals surface area contributed by atoms with E-state index in [-0.39, 0.29) is 36.9 Å². The predicted molar refractivity (Wildman–Crippen MR) is 121 cm³/mol. The van der Waals surface area contributed by atoms with Crippen molar-refractivity contribution in [2.45, 2.75) is 56.5 Å². The second-order valence-electron chi connectivity index (χ2n) is 9.16. The zero-order chi connectivity index (χ0) is 22.6. The van der Waals surface area contributed by atoms with Crippen molar-refractivity contribution in [3.63, 3.8) is 0 Å². The highest BCUT2D eigenvalue weighted by Crippen LogP contribution is 2.39. The number of amides is 3. The fourth-order valence-corrected chi connectivity index (χ4v) is 5.36. The minimum atomic E-state index is -0.726. The molecule has 0 unspecified atom stereocenters. The Hall–Kier alpha value is -2.61. The van der Waals surface area contributed by atoms with Crippen molar-refractivity contribution in [1.29, 1.82) is 0 Å². The summed E-state index contributed by atoms with van der Waals surface area (Å²) in [6, 6.07) is 10.1. The van der Waals surface area contributed by atoms with Gasteiger partial charge in [-0.25, -0.2) is 0 Å². The molecule has 3 aliphatic rings. The zero-order valence-electron chi connectivity index (χ0n) is 18.9. The summed E-state index contributed by atoms with van der Waals surface area (Å²) in [6.45, 7) is 1.51. The highest BCUT2D eigenvalue weighted by atomic mass is 16.5. The second-order valence-corrected chi connectivity index (χ2v) is 9.16. The lowest BCUT2D eigenvalue weighted by molar-refractivity contribution is -0.141. The van der Waals surface area contributed by atoms with Crippen LogP contribution in [0.2, 0.25) is 0 Å². The average molecular weight is 443 g/mol. The Bertz CT molecular complexity index is 817. The normalized spacial score (nSPS) is 21.3. The minimum Gasteiger partial charge on any atom is -0.375 e. The molecule has 1 N–H and O–H groups in total. The van der Waals surface area contributed by atoms with E-state index in [4.69, 9.17) is 4.74 Å². The van der Waals surface area contributed by atoms with Crippen LogP contribution in [0.3, 0.4) is 0 Å². The number of nitrogens with zero attached hydrogens (tertiary/aromatic N) is 3. The summed E-state index contributed by atoms with van der Waals surface area (Å²) in [7, 11) is 1.51. The molecule has 8 heteroatoms. The highest BCUT2D eigenvalue weighted by Gasteiger charge is 2.54. The summed E-state index contributed by atoms with van der Waals surface area (Å²) in [5.41, 5.74) is 0.240. The minimum absolute atomic E-state index is 0.0148. The van der Waals surface area contributed by atoms with Crippen LogP contribution in [0.5, 0.6) is 0 Å². The Morgan fingerprint density at radius 3 is 2.44 bits per heavy atom. The standard InChI is InChI=1S/C24H34N4O4/c1-32-17-22(30)26-14-12-24(13-15-26)23(31)27(18-28(24)20-10-6-3-7-11-20)16-21(29)25-19-8-4-2-5-9-19/h3,6-7,10-11,19H,2,4-5,8-9,12-18H2,1H3,(H,25,29). The topological polar surface area (TPSA) is 82.2 Å². The van der Waals surface area contributed by atoms with Gasteiger partial charge in [-0.15, -0.1) is 0 Å². The quantitative estimate of drug-likeness (QED) is 0.726. The predicted octanol–water partition coefficient (Wildman–Crippen LogP) is 1.75. The molecule has 174 valence electrons. The van der Waals surface area contributed by atoms with Crippen molar-refractivity contribution in [1.82, 2.24) is 15.1 Å². The Morgan fingerprint density at radius 2 is 1.78 bits per heavy atom. The first kappa shape index (κ1) is 22.6. The number of likely N-dealkylation sites (tertiary alicyclic amines) is 1. The number of carbonyl (C=O) groups is 3. The molecule has 0 bridgehead atoms. The maximum Gasteiger partial charge on any atom is 0.250 e. The van der Waals surface area contributed by atoms with E-state index < -0.39 is 5.54 Å². The molecule has 3 fully saturated rings. The van der Waals surface area contributed by atoms with E-state index in [0.717, 1.165) is 31.4 Å². The monoisotopic (exact) mass is 442 g/mol. The van der Waals surface area contributed by atoms with Gasteiger partial charge < -0.3 is 24.8 Å². The molecule has 3 amide bonds. The lowest BCUT2D eigenvalue weighted by Gasteiger charge is -2.43. The fraction of sp³-hybridized carbons (Fsp3) is 0.625. The van der Waals surface area contributed by atoms with Crippen LogP contribution in [0.15, 0.2) is 30.3 Å². The second kappa shape index (κ2) is 9.90. The molecular weight excluding hydrogens is 408 g/mol. The molecular formula is C24H34N4O4. The number of benzene rings is 1. The van der Waals surface area contributed by atoms with E-state index in [9.17, 15) is 14.4 Å². The molecule has 1 saturated carbocycles. The van der Waals surface area contributed by atoms with Crippen LogP contribution in [0.1, 0.15) is 44.9 Å². The number of ether oxygens (including phenoxy) is 1. The maximum atomic E-state index is 13.7. The number of carbonyl (C=O) groups excluding carboxylic acids is 3. The molecule has 1 aliphatic carbocycles. The first-order valence-corrected chi connectivity index (χ1v) is 11.7. The molecule has 4 rings (SSSR count). The summed E-state index contributed by atoms with van der Waals surface area (Å²) >= 11 is 0. The third-order valence-corrected chi connectivity index (χ3v) is 7.10. The van der Waals surface area contributed by atoms with Crippen LogP contribution in [0.4, 0.5) is 5.69 Å². The highest BCUT2D eigenvalue weighted by molar-refractivity contribution is 5.96. The van der Waals surface area contributed by atoms with Crippen molar-refractivity contribution in [2.24, 2.45) is 0 Å². The van der Waals surface area contributed by atoms with Crippen LogP contribution >= 0.6 is 0 Å².